The quantitative estimate of drug-likeness (QED) is 0.205. The van der Waals surface area contributed by atoms with Gasteiger partial charge >= 0.3 is 0 Å². The van der Waals surface area contributed by atoms with Crippen molar-refractivity contribution in [1.82, 2.24) is 0 Å². The average molecular weight is 463 g/mol. The van der Waals surface area contributed by atoms with Crippen molar-refractivity contribution in [3.05, 3.63) is 161 Å². The molecule has 4 aromatic rings. The number of rotatable bonds is 6. The molecule has 0 heterocycles. The van der Waals surface area contributed by atoms with E-state index in [9.17, 15) is 0 Å². The Labute approximate surface area is 213 Å². The van der Waals surface area contributed by atoms with E-state index < -0.39 is 0 Å². The first kappa shape index (κ1) is 22.3. The number of allylic oxidation sites excluding steroid dienone is 6. The molecule has 6 rings (SSSR count). The molecule has 0 aliphatic heterocycles. The Kier molecular flexibility index (Phi) is 6.10. The average Bonchev–Trinajstić information content (AvgIpc) is 2.94. The highest BCUT2D eigenvalue weighted by atomic mass is 14.3. The second-order valence-electron chi connectivity index (χ2n) is 9.61. The molecule has 0 saturated carbocycles. The Balaban J connectivity index is 1.63. The van der Waals surface area contributed by atoms with Gasteiger partial charge in [-0.05, 0) is 68.0 Å². The maximum atomic E-state index is 3.83. The summed E-state index contributed by atoms with van der Waals surface area (Å²) in [5.74, 6) is 0.580. The summed E-state index contributed by atoms with van der Waals surface area (Å²) in [6.45, 7) is 3.83. The summed E-state index contributed by atoms with van der Waals surface area (Å²) >= 11 is 0. The number of benzene rings is 4. The molecule has 0 N–H and O–H groups in total. The largest absolute Gasteiger partial charge is 0.103 e. The Bertz CT molecular complexity index is 1650. The lowest BCUT2D eigenvalue weighted by Crippen LogP contribution is -2.40. The molecule has 0 radical (unpaired) electrons. The van der Waals surface area contributed by atoms with Gasteiger partial charge in [-0.3, -0.25) is 0 Å². The highest BCUT2D eigenvalue weighted by Crippen LogP contribution is 2.41. The van der Waals surface area contributed by atoms with Gasteiger partial charge < -0.3 is 0 Å². The Morgan fingerprint density at radius 2 is 1.36 bits per heavy atom. The van der Waals surface area contributed by atoms with Gasteiger partial charge in [0.05, 0.1) is 0 Å². The molecule has 0 heteroatoms. The van der Waals surface area contributed by atoms with Crippen LogP contribution in [-0.4, -0.2) is 0 Å². The molecule has 0 aromatic heterocycles. The number of hydrogen-bond acceptors (Lipinski definition) is 0. The number of unbranched alkanes of at least 4 members (excludes halogenated alkanes) is 1. The van der Waals surface area contributed by atoms with Gasteiger partial charge in [-0.1, -0.05) is 127 Å². The van der Waals surface area contributed by atoms with Crippen LogP contribution in [0.1, 0.15) is 29.5 Å². The summed E-state index contributed by atoms with van der Waals surface area (Å²) in [5.41, 5.74) is 6.74. The molecule has 0 spiro atoms. The van der Waals surface area contributed by atoms with Crippen LogP contribution in [0.25, 0.3) is 28.0 Å². The van der Waals surface area contributed by atoms with E-state index in [4.69, 9.17) is 0 Å². The SMILES string of the molecule is C=CCC/C=C/c1cccc(C2=c3ccccc3=C(c3cccc4ccccc34)C3C=CC=CC23)c1. The second-order valence-corrected chi connectivity index (χ2v) is 9.61. The summed E-state index contributed by atoms with van der Waals surface area (Å²) in [6, 6.07) is 33.5. The Morgan fingerprint density at radius 1 is 0.667 bits per heavy atom. The van der Waals surface area contributed by atoms with Crippen LogP contribution in [0, 0.1) is 11.8 Å². The Morgan fingerprint density at radius 3 is 2.19 bits per heavy atom. The van der Waals surface area contributed by atoms with E-state index in [1.807, 2.05) is 6.08 Å². The van der Waals surface area contributed by atoms with Crippen LogP contribution < -0.4 is 10.4 Å². The number of hydrogen-bond donors (Lipinski definition) is 0. The molecule has 0 amide bonds. The molecule has 2 aliphatic carbocycles. The lowest BCUT2D eigenvalue weighted by molar-refractivity contribution is 0.687. The summed E-state index contributed by atoms with van der Waals surface area (Å²) in [5, 5.41) is 5.30. The fourth-order valence-corrected chi connectivity index (χ4v) is 5.85. The van der Waals surface area contributed by atoms with E-state index in [1.54, 1.807) is 0 Å². The fourth-order valence-electron chi connectivity index (χ4n) is 5.85. The zero-order chi connectivity index (χ0) is 24.3. The molecule has 174 valence electrons. The molecule has 2 atom stereocenters. The van der Waals surface area contributed by atoms with Crippen LogP contribution in [-0.2, 0) is 0 Å². The minimum absolute atomic E-state index is 0.289. The third-order valence-corrected chi connectivity index (χ3v) is 7.43. The minimum Gasteiger partial charge on any atom is -0.103 e. The van der Waals surface area contributed by atoms with Crippen LogP contribution >= 0.6 is 0 Å². The van der Waals surface area contributed by atoms with Crippen LogP contribution in [0.4, 0.5) is 0 Å². The van der Waals surface area contributed by atoms with Crippen molar-refractivity contribution in [2.45, 2.75) is 12.8 Å². The van der Waals surface area contributed by atoms with Crippen LogP contribution in [0.15, 0.2) is 134 Å². The van der Waals surface area contributed by atoms with E-state index in [-0.39, 0.29) is 5.92 Å². The van der Waals surface area contributed by atoms with Crippen molar-refractivity contribution in [3.8, 4) is 0 Å². The predicted octanol–water partition coefficient (Wildman–Crippen LogP) is 7.59. The molecule has 4 aromatic carbocycles. The van der Waals surface area contributed by atoms with Crippen LogP contribution in [0.5, 0.6) is 0 Å². The smallest absolute Gasteiger partial charge is 0.0137 e. The molecule has 0 bridgehead atoms. The highest BCUT2D eigenvalue weighted by Gasteiger charge is 2.32. The van der Waals surface area contributed by atoms with Crippen molar-refractivity contribution in [3.63, 3.8) is 0 Å². The number of fused-ring (bicyclic) bond motifs is 3. The summed E-state index contributed by atoms with van der Waals surface area (Å²) in [4.78, 5) is 0. The second kappa shape index (κ2) is 9.84. The third-order valence-electron chi connectivity index (χ3n) is 7.43. The van der Waals surface area contributed by atoms with Gasteiger partial charge in [0, 0.05) is 11.8 Å². The topological polar surface area (TPSA) is 0 Å². The molecular formula is C36H30. The summed E-state index contributed by atoms with van der Waals surface area (Å²) in [6.07, 6.45) is 17.7. The standard InChI is InChI=1S/C36H30/c1-2-3-4-5-14-26-15-12-18-28(25-26)35-31-20-8-10-22-33(31)36(34-23-11-9-21-32(34)35)30-24-13-17-27-16-6-7-19-29(27)30/h2,5-25,31,33H,1,3-4H2/b14-5+. The lowest BCUT2D eigenvalue weighted by atomic mass is 9.69. The van der Waals surface area contributed by atoms with Gasteiger partial charge in [-0.2, -0.15) is 0 Å². The van der Waals surface area contributed by atoms with Crippen molar-refractivity contribution in [2.24, 2.45) is 11.8 Å². The molecule has 0 fully saturated rings. The normalized spacial score (nSPS) is 18.4. The van der Waals surface area contributed by atoms with Crippen LogP contribution in [0.2, 0.25) is 0 Å². The van der Waals surface area contributed by atoms with Crippen molar-refractivity contribution in [1.29, 1.82) is 0 Å². The molecule has 2 unspecified atom stereocenters. The van der Waals surface area contributed by atoms with E-state index >= 15 is 0 Å². The monoisotopic (exact) mass is 462 g/mol. The highest BCUT2D eigenvalue weighted by molar-refractivity contribution is 5.96. The molecule has 0 nitrogen and oxygen atoms in total. The van der Waals surface area contributed by atoms with E-state index in [2.05, 4.69) is 134 Å². The maximum absolute atomic E-state index is 3.83. The van der Waals surface area contributed by atoms with E-state index in [0.29, 0.717) is 5.92 Å². The summed E-state index contributed by atoms with van der Waals surface area (Å²) in [7, 11) is 0. The first-order chi connectivity index (χ1) is 17.8. The van der Waals surface area contributed by atoms with Crippen molar-refractivity contribution in [2.75, 3.05) is 0 Å². The van der Waals surface area contributed by atoms with Crippen LogP contribution in [0.3, 0.4) is 0 Å². The third kappa shape index (κ3) is 3.99. The van der Waals surface area contributed by atoms with Gasteiger partial charge in [0.25, 0.3) is 0 Å². The zero-order valence-corrected chi connectivity index (χ0v) is 20.5. The maximum Gasteiger partial charge on any atom is 0.0137 e. The first-order valence-corrected chi connectivity index (χ1v) is 12.9. The fraction of sp³-hybridized carbons (Fsp3) is 0.111. The molecule has 2 aliphatic rings. The van der Waals surface area contributed by atoms with Gasteiger partial charge in [0.1, 0.15) is 0 Å². The van der Waals surface area contributed by atoms with Gasteiger partial charge in [-0.25, -0.2) is 0 Å². The Hall–Kier alpha value is -4.16. The van der Waals surface area contributed by atoms with Gasteiger partial charge in [0.2, 0.25) is 0 Å². The van der Waals surface area contributed by atoms with Gasteiger partial charge in [0.15, 0.2) is 0 Å². The van der Waals surface area contributed by atoms with Crippen molar-refractivity contribution < 1.29 is 0 Å². The van der Waals surface area contributed by atoms with E-state index in [1.165, 1.54) is 49.0 Å². The predicted molar refractivity (Wildman–Crippen MR) is 155 cm³/mol. The van der Waals surface area contributed by atoms with E-state index in [0.717, 1.165) is 12.8 Å². The minimum atomic E-state index is 0.289. The summed E-state index contributed by atoms with van der Waals surface area (Å²) < 4.78 is 0. The zero-order valence-electron chi connectivity index (χ0n) is 20.5. The molecular weight excluding hydrogens is 432 g/mol. The molecule has 36 heavy (non-hydrogen) atoms. The lowest BCUT2D eigenvalue weighted by Gasteiger charge is -2.33. The van der Waals surface area contributed by atoms with Gasteiger partial charge in [-0.15, -0.1) is 6.58 Å². The van der Waals surface area contributed by atoms with Crippen molar-refractivity contribution >= 4 is 28.0 Å². The first-order valence-electron chi connectivity index (χ1n) is 12.9. The molecule has 0 saturated heterocycles.